The van der Waals surface area contributed by atoms with Gasteiger partial charge in [0.25, 0.3) is 0 Å². The van der Waals surface area contributed by atoms with Crippen LogP contribution >= 0.6 is 0 Å². The molecule has 4 aromatic rings. The van der Waals surface area contributed by atoms with Gasteiger partial charge >= 0.3 is 11.7 Å². The van der Waals surface area contributed by atoms with E-state index in [0.717, 1.165) is 53.7 Å². The Morgan fingerprint density at radius 2 is 1.73 bits per heavy atom. The Balaban J connectivity index is 1.44. The highest BCUT2D eigenvalue weighted by Gasteiger charge is 2.26. The quantitative estimate of drug-likeness (QED) is 0.397. The van der Waals surface area contributed by atoms with Gasteiger partial charge in [-0.25, -0.2) is 9.59 Å². The normalized spacial score (nSPS) is 15.6. The second kappa shape index (κ2) is 7.66. The van der Waals surface area contributed by atoms with Gasteiger partial charge in [0.2, 0.25) is 0 Å². The van der Waals surface area contributed by atoms with Crippen molar-refractivity contribution in [3.8, 4) is 5.69 Å². The summed E-state index contributed by atoms with van der Waals surface area (Å²) < 4.78 is 3.62. The molecule has 0 amide bonds. The number of benzene rings is 3. The molecule has 166 valence electrons. The largest absolute Gasteiger partial charge is 0.478 e. The predicted octanol–water partition coefficient (Wildman–Crippen LogP) is 5.52. The minimum absolute atomic E-state index is 0.0414. The highest BCUT2D eigenvalue weighted by Crippen LogP contribution is 2.41. The summed E-state index contributed by atoms with van der Waals surface area (Å²) in [5.74, 6) is 0.0905. The third kappa shape index (κ3) is 3.71. The number of carboxylic acid groups (broad SMARTS) is 1. The van der Waals surface area contributed by atoms with Crippen LogP contribution in [0.15, 0.2) is 71.5 Å². The Morgan fingerprint density at radius 3 is 2.42 bits per heavy atom. The lowest BCUT2D eigenvalue weighted by Gasteiger charge is -2.12. The third-order valence-corrected chi connectivity index (χ3v) is 6.68. The number of carbonyl (C=O) groups is 1. The summed E-state index contributed by atoms with van der Waals surface area (Å²) in [7, 11) is 0. The Labute approximate surface area is 191 Å². The summed E-state index contributed by atoms with van der Waals surface area (Å²) in [4.78, 5) is 25.3. The van der Waals surface area contributed by atoms with E-state index in [1.54, 1.807) is 10.6 Å². The standard InChI is InChI=1S/C27H25N3O3/c31-26(32)22-14-19(18-8-9-18)10-12-23(22)28-20-11-13-24-25(15-20)29(16-17-6-7-17)27(33)30(24)21-4-2-1-3-5-21/h1-5,10-15,17-18,28H,6-9,16H2,(H,31,32). The van der Waals surface area contributed by atoms with Crippen molar-refractivity contribution in [3.05, 3.63) is 88.3 Å². The predicted molar refractivity (Wildman–Crippen MR) is 129 cm³/mol. The second-order valence-corrected chi connectivity index (χ2v) is 9.22. The van der Waals surface area contributed by atoms with Crippen molar-refractivity contribution in [3.63, 3.8) is 0 Å². The molecule has 0 spiro atoms. The molecule has 6 nitrogen and oxygen atoms in total. The lowest BCUT2D eigenvalue weighted by molar-refractivity contribution is 0.0698. The number of imidazole rings is 1. The minimum atomic E-state index is -0.943. The van der Waals surface area contributed by atoms with E-state index >= 15 is 0 Å². The molecule has 2 fully saturated rings. The van der Waals surface area contributed by atoms with Crippen molar-refractivity contribution in [1.82, 2.24) is 9.13 Å². The molecule has 0 saturated heterocycles. The van der Waals surface area contributed by atoms with E-state index in [4.69, 9.17) is 0 Å². The number of carboxylic acids is 1. The molecule has 0 unspecified atom stereocenters. The molecule has 33 heavy (non-hydrogen) atoms. The van der Waals surface area contributed by atoms with E-state index < -0.39 is 5.97 Å². The van der Waals surface area contributed by atoms with Crippen LogP contribution in [0, 0.1) is 5.92 Å². The van der Waals surface area contributed by atoms with E-state index in [1.165, 1.54) is 0 Å². The van der Waals surface area contributed by atoms with Gasteiger partial charge in [0.1, 0.15) is 0 Å². The maximum atomic E-state index is 13.4. The lowest BCUT2D eigenvalue weighted by atomic mass is 10.0. The molecular weight excluding hydrogens is 414 g/mol. The fourth-order valence-electron chi connectivity index (χ4n) is 4.57. The van der Waals surface area contributed by atoms with Crippen LogP contribution in [0.25, 0.3) is 16.7 Å². The van der Waals surface area contributed by atoms with Crippen LogP contribution < -0.4 is 11.0 Å². The van der Waals surface area contributed by atoms with E-state index in [-0.39, 0.29) is 11.3 Å². The number of aromatic nitrogens is 2. The fourth-order valence-corrected chi connectivity index (χ4v) is 4.57. The highest BCUT2D eigenvalue weighted by molar-refractivity contribution is 5.96. The topological polar surface area (TPSA) is 76.3 Å². The molecule has 0 bridgehead atoms. The molecule has 1 aromatic heterocycles. The number of hydrogen-bond donors (Lipinski definition) is 2. The second-order valence-electron chi connectivity index (χ2n) is 9.22. The third-order valence-electron chi connectivity index (χ3n) is 6.68. The molecule has 0 atom stereocenters. The van der Waals surface area contributed by atoms with Gasteiger partial charge in [-0.15, -0.1) is 0 Å². The number of para-hydroxylation sites is 1. The van der Waals surface area contributed by atoms with Gasteiger partial charge in [0, 0.05) is 12.2 Å². The first-order valence-electron chi connectivity index (χ1n) is 11.5. The SMILES string of the molecule is O=C(O)c1cc(C2CC2)ccc1Nc1ccc2c(c1)n(CC1CC1)c(=O)n2-c1ccccc1. The zero-order chi connectivity index (χ0) is 22.5. The fraction of sp³-hybridized carbons (Fsp3) is 0.259. The summed E-state index contributed by atoms with van der Waals surface area (Å²) in [6.07, 6.45) is 4.55. The van der Waals surface area contributed by atoms with Crippen molar-refractivity contribution >= 4 is 28.4 Å². The molecular formula is C27H25N3O3. The number of nitrogens with one attached hydrogen (secondary N) is 1. The average molecular weight is 440 g/mol. The first-order chi connectivity index (χ1) is 16.1. The van der Waals surface area contributed by atoms with Crippen LogP contribution in [-0.2, 0) is 6.54 Å². The molecule has 1 heterocycles. The van der Waals surface area contributed by atoms with Gasteiger partial charge in [-0.2, -0.15) is 0 Å². The average Bonchev–Trinajstić information content (AvgIpc) is 3.74. The molecule has 3 aromatic carbocycles. The first-order valence-corrected chi connectivity index (χ1v) is 11.5. The number of fused-ring (bicyclic) bond motifs is 1. The van der Waals surface area contributed by atoms with Crippen LogP contribution in [0.3, 0.4) is 0 Å². The molecule has 2 N–H and O–H groups in total. The molecule has 0 aliphatic heterocycles. The summed E-state index contributed by atoms with van der Waals surface area (Å²) in [5.41, 5.74) is 5.19. The summed E-state index contributed by atoms with van der Waals surface area (Å²) in [6.45, 7) is 0.703. The van der Waals surface area contributed by atoms with Gasteiger partial charge in [-0.3, -0.25) is 9.13 Å². The van der Waals surface area contributed by atoms with Crippen LogP contribution in [0.5, 0.6) is 0 Å². The highest BCUT2D eigenvalue weighted by atomic mass is 16.4. The zero-order valence-electron chi connectivity index (χ0n) is 18.2. The van der Waals surface area contributed by atoms with E-state index in [1.807, 2.05) is 65.2 Å². The van der Waals surface area contributed by atoms with Crippen molar-refractivity contribution in [1.29, 1.82) is 0 Å². The smallest absolute Gasteiger partial charge is 0.337 e. The van der Waals surface area contributed by atoms with E-state index in [9.17, 15) is 14.7 Å². The first kappa shape index (κ1) is 19.9. The van der Waals surface area contributed by atoms with Crippen LogP contribution in [0.2, 0.25) is 0 Å². The maximum absolute atomic E-state index is 13.4. The molecule has 6 rings (SSSR count). The van der Waals surface area contributed by atoms with Gasteiger partial charge < -0.3 is 10.4 Å². The van der Waals surface area contributed by atoms with Crippen molar-refractivity contribution < 1.29 is 9.90 Å². The van der Waals surface area contributed by atoms with Crippen LogP contribution in [0.1, 0.15) is 47.5 Å². The number of anilines is 2. The Morgan fingerprint density at radius 1 is 0.939 bits per heavy atom. The van der Waals surface area contributed by atoms with Gasteiger partial charge in [0.05, 0.1) is 28.0 Å². The Bertz CT molecular complexity index is 1430. The summed E-state index contributed by atoms with van der Waals surface area (Å²) in [5, 5.41) is 13.1. The van der Waals surface area contributed by atoms with Gasteiger partial charge in [-0.1, -0.05) is 24.3 Å². The number of hydrogen-bond acceptors (Lipinski definition) is 3. The van der Waals surface area contributed by atoms with Crippen LogP contribution in [0.4, 0.5) is 11.4 Å². The van der Waals surface area contributed by atoms with Gasteiger partial charge in [-0.05, 0) is 85.5 Å². The number of aromatic carboxylic acids is 1. The molecule has 2 saturated carbocycles. The van der Waals surface area contributed by atoms with Crippen molar-refractivity contribution in [2.24, 2.45) is 5.92 Å². The molecule has 2 aliphatic rings. The van der Waals surface area contributed by atoms with E-state index in [0.29, 0.717) is 24.1 Å². The Kier molecular flexibility index (Phi) is 4.61. The summed E-state index contributed by atoms with van der Waals surface area (Å²) in [6, 6.07) is 21.1. The maximum Gasteiger partial charge on any atom is 0.337 e. The van der Waals surface area contributed by atoms with Crippen molar-refractivity contribution in [2.45, 2.75) is 38.1 Å². The minimum Gasteiger partial charge on any atom is -0.478 e. The zero-order valence-corrected chi connectivity index (χ0v) is 18.2. The lowest BCUT2D eigenvalue weighted by Crippen LogP contribution is -2.23. The number of nitrogens with zero attached hydrogens (tertiary/aromatic N) is 2. The Hall–Kier alpha value is -3.80. The van der Waals surface area contributed by atoms with Gasteiger partial charge in [0.15, 0.2) is 0 Å². The molecule has 0 radical (unpaired) electrons. The summed E-state index contributed by atoms with van der Waals surface area (Å²) >= 11 is 0. The molecule has 6 heteroatoms. The van der Waals surface area contributed by atoms with Crippen LogP contribution in [-0.4, -0.2) is 20.2 Å². The number of rotatable bonds is 7. The molecule has 2 aliphatic carbocycles. The monoisotopic (exact) mass is 439 g/mol. The van der Waals surface area contributed by atoms with Crippen molar-refractivity contribution in [2.75, 3.05) is 5.32 Å². The van der Waals surface area contributed by atoms with E-state index in [2.05, 4.69) is 5.32 Å².